The number of nitrogens with zero attached hydrogens (tertiary/aromatic N) is 2. The van der Waals surface area contributed by atoms with Gasteiger partial charge in [0, 0.05) is 18.6 Å². The van der Waals surface area contributed by atoms with Crippen molar-refractivity contribution in [3.63, 3.8) is 0 Å². The number of hydrogen-bond acceptors (Lipinski definition) is 5. The third-order valence-electron chi connectivity index (χ3n) is 3.91. The molecule has 0 aliphatic heterocycles. The highest BCUT2D eigenvalue weighted by Crippen LogP contribution is 2.28. The molecule has 0 aliphatic rings. The first kappa shape index (κ1) is 20.4. The minimum absolute atomic E-state index is 0.169. The number of rotatable bonds is 8. The number of halogens is 2. The highest BCUT2D eigenvalue weighted by atomic mass is 79.9. The van der Waals surface area contributed by atoms with Crippen LogP contribution in [0.15, 0.2) is 32.3 Å². The van der Waals surface area contributed by atoms with E-state index < -0.39 is 11.2 Å². The molecule has 0 fully saturated rings. The van der Waals surface area contributed by atoms with Gasteiger partial charge in [0.15, 0.2) is 0 Å². The number of aromatic amines is 1. The van der Waals surface area contributed by atoms with Crippen LogP contribution in [-0.2, 0) is 6.54 Å². The highest BCUT2D eigenvalue weighted by molar-refractivity contribution is 9.10. The molecule has 7 nitrogen and oxygen atoms in total. The number of nitrogen functional groups attached to an aromatic ring is 1. The van der Waals surface area contributed by atoms with E-state index in [1.165, 1.54) is 4.57 Å². The van der Waals surface area contributed by atoms with E-state index >= 15 is 0 Å². The molecule has 26 heavy (non-hydrogen) atoms. The van der Waals surface area contributed by atoms with Gasteiger partial charge in [-0.05, 0) is 40.5 Å². The Bertz CT molecular complexity index is 881. The fraction of sp³-hybridized carbons (Fsp3) is 0.412. The van der Waals surface area contributed by atoms with E-state index in [2.05, 4.69) is 20.9 Å². The summed E-state index contributed by atoms with van der Waals surface area (Å²) < 4.78 is 7.86. The Morgan fingerprint density at radius 1 is 1.38 bits per heavy atom. The highest BCUT2D eigenvalue weighted by Gasteiger charge is 2.16. The quantitative estimate of drug-likeness (QED) is 0.652. The molecule has 0 saturated heterocycles. The Hall–Kier alpha value is -1.93. The maximum Gasteiger partial charge on any atom is 0.330 e. The molecule has 0 amide bonds. The number of nitrogens with two attached hydrogens (primary N) is 1. The average Bonchev–Trinajstić information content (AvgIpc) is 2.56. The van der Waals surface area contributed by atoms with E-state index in [-0.39, 0.29) is 11.5 Å². The lowest BCUT2D eigenvalue weighted by molar-refractivity contribution is 0.324. The lowest BCUT2D eigenvalue weighted by Crippen LogP contribution is -2.38. The zero-order valence-electron chi connectivity index (χ0n) is 14.7. The van der Waals surface area contributed by atoms with Gasteiger partial charge in [0.1, 0.15) is 23.9 Å². The van der Waals surface area contributed by atoms with Crippen LogP contribution in [0.25, 0.3) is 0 Å². The van der Waals surface area contributed by atoms with Gasteiger partial charge in [-0.3, -0.25) is 14.3 Å². The number of benzene rings is 1. The predicted molar refractivity (Wildman–Crippen MR) is 109 cm³/mol. The van der Waals surface area contributed by atoms with Crippen LogP contribution >= 0.6 is 27.5 Å². The fourth-order valence-electron chi connectivity index (χ4n) is 2.48. The number of anilines is 2. The molecule has 1 heterocycles. The summed E-state index contributed by atoms with van der Waals surface area (Å²) in [5, 5.41) is 0.606. The summed E-state index contributed by atoms with van der Waals surface area (Å²) in [5.74, 6) is 0.819. The van der Waals surface area contributed by atoms with Crippen molar-refractivity contribution in [2.75, 3.05) is 30.8 Å². The molecule has 0 bridgehead atoms. The van der Waals surface area contributed by atoms with Crippen LogP contribution in [-0.4, -0.2) is 29.8 Å². The number of likely N-dealkylation sites (N-methyl/N-ethyl adjacent to an activating group) is 1. The molecule has 0 unspecified atom stereocenters. The molecule has 0 atom stereocenters. The second-order valence-corrected chi connectivity index (χ2v) is 7.13. The molecule has 2 aromatic rings. The van der Waals surface area contributed by atoms with Crippen LogP contribution in [0.2, 0.25) is 5.02 Å². The van der Waals surface area contributed by atoms with Crippen molar-refractivity contribution in [2.24, 2.45) is 0 Å². The number of unbranched alkanes of at least 4 members (excludes halogenated alkanes) is 1. The first-order valence-electron chi connectivity index (χ1n) is 8.26. The number of H-pyrrole nitrogens is 1. The Labute approximate surface area is 164 Å². The van der Waals surface area contributed by atoms with Crippen LogP contribution in [0.3, 0.4) is 0 Å². The number of nitrogens with one attached hydrogen (secondary N) is 1. The van der Waals surface area contributed by atoms with Crippen LogP contribution in [0.5, 0.6) is 5.75 Å². The third-order valence-corrected chi connectivity index (χ3v) is 4.76. The summed E-state index contributed by atoms with van der Waals surface area (Å²) in [6, 6.07) is 5.24. The van der Waals surface area contributed by atoms with Gasteiger partial charge in [-0.2, -0.15) is 0 Å². The molecule has 9 heteroatoms. The van der Waals surface area contributed by atoms with Gasteiger partial charge in [-0.1, -0.05) is 24.9 Å². The topological polar surface area (TPSA) is 93.3 Å². The molecular weight excluding hydrogens is 424 g/mol. The maximum atomic E-state index is 12.2. The molecule has 1 aromatic heterocycles. The van der Waals surface area contributed by atoms with Crippen molar-refractivity contribution in [3.8, 4) is 5.75 Å². The molecule has 0 aliphatic carbocycles. The number of aromatic nitrogens is 2. The molecule has 0 saturated carbocycles. The lowest BCUT2D eigenvalue weighted by Gasteiger charge is -2.22. The van der Waals surface area contributed by atoms with Crippen LogP contribution in [0.4, 0.5) is 11.5 Å². The molecular formula is C17H22BrClN4O3. The van der Waals surface area contributed by atoms with Crippen molar-refractivity contribution in [1.29, 1.82) is 0 Å². The smallest absolute Gasteiger partial charge is 0.330 e. The van der Waals surface area contributed by atoms with E-state index in [0.717, 1.165) is 17.3 Å². The van der Waals surface area contributed by atoms with Crippen molar-refractivity contribution < 1.29 is 4.74 Å². The summed E-state index contributed by atoms with van der Waals surface area (Å²) in [7, 11) is 1.73. The Kier molecular flexibility index (Phi) is 7.16. The van der Waals surface area contributed by atoms with Crippen molar-refractivity contribution >= 4 is 39.0 Å². The van der Waals surface area contributed by atoms with Crippen LogP contribution in [0, 0.1) is 0 Å². The Morgan fingerprint density at radius 3 is 2.77 bits per heavy atom. The summed E-state index contributed by atoms with van der Waals surface area (Å²) >= 11 is 9.29. The molecule has 0 spiro atoms. The minimum atomic E-state index is -0.504. The second-order valence-electron chi connectivity index (χ2n) is 5.84. The minimum Gasteiger partial charge on any atom is -0.491 e. The van der Waals surface area contributed by atoms with E-state index in [4.69, 9.17) is 22.1 Å². The van der Waals surface area contributed by atoms with E-state index in [1.54, 1.807) is 30.1 Å². The van der Waals surface area contributed by atoms with E-state index in [1.807, 2.05) is 6.92 Å². The fourth-order valence-corrected chi connectivity index (χ4v) is 3.28. The molecule has 0 radical (unpaired) electrons. The third kappa shape index (κ3) is 4.82. The van der Waals surface area contributed by atoms with E-state index in [9.17, 15) is 9.59 Å². The molecule has 2 rings (SSSR count). The van der Waals surface area contributed by atoms with Gasteiger partial charge in [-0.15, -0.1) is 0 Å². The largest absolute Gasteiger partial charge is 0.491 e. The average molecular weight is 446 g/mol. The van der Waals surface area contributed by atoms with Crippen molar-refractivity contribution in [2.45, 2.75) is 26.3 Å². The van der Waals surface area contributed by atoms with Gasteiger partial charge in [0.05, 0.1) is 11.0 Å². The molecule has 3 N–H and O–H groups in total. The van der Waals surface area contributed by atoms with Gasteiger partial charge < -0.3 is 15.4 Å². The van der Waals surface area contributed by atoms with Crippen molar-refractivity contribution in [1.82, 2.24) is 9.55 Å². The standard InChI is InChI=1S/C17H22BrClN4O3/c1-3-4-7-23-15(20)14(16(24)21-17(23)25)22(2)8-9-26-13-6-5-11(19)10-12(13)18/h5-6,10H,3-4,7-9,20H2,1-2H3,(H,21,24,25). The summed E-state index contributed by atoms with van der Waals surface area (Å²) in [5.41, 5.74) is 5.36. The summed E-state index contributed by atoms with van der Waals surface area (Å²) in [6.07, 6.45) is 1.72. The second kappa shape index (κ2) is 9.14. The zero-order valence-corrected chi connectivity index (χ0v) is 17.1. The van der Waals surface area contributed by atoms with Gasteiger partial charge >= 0.3 is 5.69 Å². The number of ether oxygens (including phenoxy) is 1. The first-order chi connectivity index (χ1) is 12.3. The summed E-state index contributed by atoms with van der Waals surface area (Å²) in [4.78, 5) is 28.2. The van der Waals surface area contributed by atoms with Crippen molar-refractivity contribution in [3.05, 3.63) is 48.5 Å². The van der Waals surface area contributed by atoms with E-state index in [0.29, 0.717) is 30.5 Å². The first-order valence-corrected chi connectivity index (χ1v) is 9.43. The van der Waals surface area contributed by atoms with Crippen LogP contribution in [0.1, 0.15) is 19.8 Å². The van der Waals surface area contributed by atoms with Gasteiger partial charge in [-0.25, -0.2) is 4.79 Å². The normalized spacial score (nSPS) is 10.8. The molecule has 1 aromatic carbocycles. The maximum absolute atomic E-state index is 12.2. The SMILES string of the molecule is CCCCn1c(N)c(N(C)CCOc2ccc(Cl)cc2Br)c(=O)[nH]c1=O. The number of hydrogen-bond donors (Lipinski definition) is 2. The zero-order chi connectivity index (χ0) is 19.3. The van der Waals surface area contributed by atoms with Gasteiger partial charge in [0.2, 0.25) is 0 Å². The van der Waals surface area contributed by atoms with Gasteiger partial charge in [0.25, 0.3) is 5.56 Å². The predicted octanol–water partition coefficient (Wildman–Crippen LogP) is 2.85. The monoisotopic (exact) mass is 444 g/mol. The Balaban J connectivity index is 2.12. The Morgan fingerprint density at radius 2 is 2.12 bits per heavy atom. The van der Waals surface area contributed by atoms with Crippen LogP contribution < -0.4 is 26.6 Å². The molecule has 142 valence electrons. The lowest BCUT2D eigenvalue weighted by atomic mass is 10.3. The summed E-state index contributed by atoms with van der Waals surface area (Å²) in [6.45, 7) is 3.22.